The summed E-state index contributed by atoms with van der Waals surface area (Å²) in [6.07, 6.45) is 1.56. The maximum atomic E-state index is 12.4. The molecule has 0 spiro atoms. The minimum absolute atomic E-state index is 0.187. The molecular weight excluding hydrogens is 346 g/mol. The highest BCUT2D eigenvalue weighted by molar-refractivity contribution is 8.18. The summed E-state index contributed by atoms with van der Waals surface area (Å²) in [5.74, 6) is -0.137. The summed E-state index contributed by atoms with van der Waals surface area (Å²) in [6.45, 7) is 3.71. The summed E-state index contributed by atoms with van der Waals surface area (Å²) in [5.41, 5.74) is 0.614. The summed E-state index contributed by atoms with van der Waals surface area (Å²) in [4.78, 5) is 37.1. The van der Waals surface area contributed by atoms with Gasteiger partial charge in [-0.15, -0.1) is 0 Å². The monoisotopic (exact) mass is 365 g/mol. The van der Waals surface area contributed by atoms with E-state index in [2.05, 4.69) is 0 Å². The van der Waals surface area contributed by atoms with Crippen LogP contribution in [0.5, 0.6) is 11.5 Å². The van der Waals surface area contributed by atoms with Gasteiger partial charge in [0.15, 0.2) is 11.5 Å². The number of ether oxygens (including phenoxy) is 3. The largest absolute Gasteiger partial charge is 0.493 e. The lowest BCUT2D eigenvalue weighted by Gasteiger charge is -2.12. The van der Waals surface area contributed by atoms with Crippen molar-refractivity contribution >= 4 is 35.0 Å². The highest BCUT2D eigenvalue weighted by Crippen LogP contribution is 2.37. The molecule has 1 fully saturated rings. The first-order chi connectivity index (χ1) is 12.0. The molecule has 0 unspecified atom stereocenters. The summed E-state index contributed by atoms with van der Waals surface area (Å²) in [6, 6.07) is 5.26. The second kappa shape index (κ2) is 8.57. The third-order valence-electron chi connectivity index (χ3n) is 3.27. The van der Waals surface area contributed by atoms with E-state index in [1.165, 1.54) is 7.11 Å². The lowest BCUT2D eigenvalue weighted by atomic mass is 10.1. The molecule has 2 rings (SSSR count). The van der Waals surface area contributed by atoms with E-state index in [-0.39, 0.29) is 11.5 Å². The standard InChI is InChI=1S/C17H19NO6S/c1-4-23-14(19)10-18-16(20)13(25-17(18)21)9-11-7-6-8-12(22-3)15(11)24-5-2/h6-9H,4-5,10H2,1-3H3/b13-9-. The number of thioether (sulfide) groups is 1. The van der Waals surface area contributed by atoms with E-state index in [0.717, 1.165) is 16.7 Å². The van der Waals surface area contributed by atoms with Crippen molar-refractivity contribution < 1.29 is 28.6 Å². The molecule has 1 saturated heterocycles. The number of methoxy groups -OCH3 is 1. The number of benzene rings is 1. The summed E-state index contributed by atoms with van der Waals surface area (Å²) >= 11 is 0.771. The Labute approximate surface area is 149 Å². The van der Waals surface area contributed by atoms with Crippen molar-refractivity contribution in [1.82, 2.24) is 4.90 Å². The fraction of sp³-hybridized carbons (Fsp3) is 0.353. The maximum Gasteiger partial charge on any atom is 0.326 e. The molecule has 1 heterocycles. The van der Waals surface area contributed by atoms with Crippen molar-refractivity contribution in [3.63, 3.8) is 0 Å². The van der Waals surface area contributed by atoms with Gasteiger partial charge in [-0.05, 0) is 37.8 Å². The van der Waals surface area contributed by atoms with E-state index < -0.39 is 23.7 Å². The van der Waals surface area contributed by atoms with Crippen LogP contribution in [0.1, 0.15) is 19.4 Å². The van der Waals surface area contributed by atoms with E-state index in [0.29, 0.717) is 23.7 Å². The molecule has 1 aliphatic rings. The Balaban J connectivity index is 2.29. The SMILES string of the molecule is CCOC(=O)CN1C(=O)S/C(=C\c2cccc(OC)c2OCC)C1=O. The van der Waals surface area contributed by atoms with Crippen LogP contribution in [-0.4, -0.2) is 48.9 Å². The molecule has 1 aliphatic heterocycles. The smallest absolute Gasteiger partial charge is 0.326 e. The van der Waals surface area contributed by atoms with Gasteiger partial charge in [-0.2, -0.15) is 0 Å². The lowest BCUT2D eigenvalue weighted by Crippen LogP contribution is -2.34. The van der Waals surface area contributed by atoms with Crippen molar-refractivity contribution in [1.29, 1.82) is 0 Å². The van der Waals surface area contributed by atoms with Crippen molar-refractivity contribution in [2.45, 2.75) is 13.8 Å². The molecule has 1 aromatic rings. The molecule has 0 aromatic heterocycles. The zero-order valence-corrected chi connectivity index (χ0v) is 15.1. The van der Waals surface area contributed by atoms with Crippen LogP contribution < -0.4 is 9.47 Å². The molecule has 0 atom stereocenters. The number of nitrogens with zero attached hydrogens (tertiary/aromatic N) is 1. The second-order valence-electron chi connectivity index (χ2n) is 4.88. The van der Waals surface area contributed by atoms with E-state index in [4.69, 9.17) is 14.2 Å². The van der Waals surface area contributed by atoms with Crippen molar-refractivity contribution in [2.75, 3.05) is 26.9 Å². The van der Waals surface area contributed by atoms with Crippen LogP contribution in [0.4, 0.5) is 4.79 Å². The van der Waals surface area contributed by atoms with Crippen LogP contribution in [0.2, 0.25) is 0 Å². The minimum atomic E-state index is -0.623. The number of amides is 2. The van der Waals surface area contributed by atoms with Crippen LogP contribution in [0, 0.1) is 0 Å². The van der Waals surface area contributed by atoms with Crippen LogP contribution in [0.15, 0.2) is 23.1 Å². The van der Waals surface area contributed by atoms with Gasteiger partial charge in [0.25, 0.3) is 11.1 Å². The topological polar surface area (TPSA) is 82.1 Å². The fourth-order valence-corrected chi connectivity index (χ4v) is 3.05. The number of para-hydroxylation sites is 1. The number of rotatable bonds is 7. The van der Waals surface area contributed by atoms with Crippen LogP contribution in [-0.2, 0) is 14.3 Å². The van der Waals surface area contributed by atoms with Gasteiger partial charge in [-0.3, -0.25) is 19.3 Å². The molecule has 0 aliphatic carbocycles. The average molecular weight is 365 g/mol. The first-order valence-electron chi connectivity index (χ1n) is 7.72. The molecule has 0 N–H and O–H groups in total. The number of hydrogen-bond acceptors (Lipinski definition) is 7. The van der Waals surface area contributed by atoms with Crippen molar-refractivity contribution in [2.24, 2.45) is 0 Å². The highest BCUT2D eigenvalue weighted by atomic mass is 32.2. The van der Waals surface area contributed by atoms with Gasteiger partial charge in [-0.25, -0.2) is 0 Å². The third kappa shape index (κ3) is 4.33. The maximum absolute atomic E-state index is 12.4. The number of hydrogen-bond donors (Lipinski definition) is 0. The highest BCUT2D eigenvalue weighted by Gasteiger charge is 2.36. The summed E-state index contributed by atoms with van der Waals surface area (Å²) < 4.78 is 15.6. The number of imide groups is 1. The summed E-state index contributed by atoms with van der Waals surface area (Å²) in [7, 11) is 1.52. The molecule has 0 saturated carbocycles. The van der Waals surface area contributed by atoms with Gasteiger partial charge in [-0.1, -0.05) is 12.1 Å². The first-order valence-corrected chi connectivity index (χ1v) is 8.54. The predicted molar refractivity (Wildman–Crippen MR) is 93.5 cm³/mol. The van der Waals surface area contributed by atoms with E-state index in [1.54, 1.807) is 31.2 Å². The number of esters is 1. The first kappa shape index (κ1) is 18.9. The van der Waals surface area contributed by atoms with Gasteiger partial charge < -0.3 is 14.2 Å². The summed E-state index contributed by atoms with van der Waals surface area (Å²) in [5, 5.41) is -0.509. The molecule has 2 amide bonds. The molecule has 7 nitrogen and oxygen atoms in total. The Kier molecular flexibility index (Phi) is 6.46. The van der Waals surface area contributed by atoms with E-state index in [9.17, 15) is 14.4 Å². The number of carbonyl (C=O) groups is 3. The van der Waals surface area contributed by atoms with Crippen molar-refractivity contribution in [3.8, 4) is 11.5 Å². The Hall–Kier alpha value is -2.48. The van der Waals surface area contributed by atoms with Gasteiger partial charge in [0.05, 0.1) is 25.2 Å². The molecule has 1 aromatic carbocycles. The normalized spacial score (nSPS) is 15.6. The average Bonchev–Trinajstić information content (AvgIpc) is 2.84. The zero-order chi connectivity index (χ0) is 18.4. The van der Waals surface area contributed by atoms with Gasteiger partial charge in [0, 0.05) is 5.56 Å². The Bertz CT molecular complexity index is 715. The quantitative estimate of drug-likeness (QED) is 0.543. The molecule has 0 radical (unpaired) electrons. The van der Waals surface area contributed by atoms with Gasteiger partial charge in [0.1, 0.15) is 6.54 Å². The Morgan fingerprint density at radius 3 is 2.64 bits per heavy atom. The molecule has 8 heteroatoms. The van der Waals surface area contributed by atoms with Crippen LogP contribution in [0.3, 0.4) is 0 Å². The molecule has 134 valence electrons. The number of carbonyl (C=O) groups excluding carboxylic acids is 3. The lowest BCUT2D eigenvalue weighted by molar-refractivity contribution is -0.145. The molecule has 0 bridgehead atoms. The zero-order valence-electron chi connectivity index (χ0n) is 14.2. The van der Waals surface area contributed by atoms with Crippen LogP contribution >= 0.6 is 11.8 Å². The molecular formula is C17H19NO6S. The van der Waals surface area contributed by atoms with Gasteiger partial charge in [0.2, 0.25) is 0 Å². The predicted octanol–water partition coefficient (Wildman–Crippen LogP) is 2.69. The van der Waals surface area contributed by atoms with E-state index >= 15 is 0 Å². The fourth-order valence-electron chi connectivity index (χ4n) is 2.22. The van der Waals surface area contributed by atoms with Crippen LogP contribution in [0.25, 0.3) is 6.08 Å². The third-order valence-corrected chi connectivity index (χ3v) is 4.18. The van der Waals surface area contributed by atoms with Crippen molar-refractivity contribution in [3.05, 3.63) is 28.7 Å². The molecule has 25 heavy (non-hydrogen) atoms. The Morgan fingerprint density at radius 2 is 2.00 bits per heavy atom. The van der Waals surface area contributed by atoms with Gasteiger partial charge >= 0.3 is 5.97 Å². The second-order valence-corrected chi connectivity index (χ2v) is 5.88. The Morgan fingerprint density at radius 1 is 1.24 bits per heavy atom. The minimum Gasteiger partial charge on any atom is -0.493 e. The van der Waals surface area contributed by atoms with E-state index in [1.807, 2.05) is 6.92 Å².